The van der Waals surface area contributed by atoms with Gasteiger partial charge in [0.2, 0.25) is 0 Å². The molecule has 0 saturated carbocycles. The Balaban J connectivity index is 2.18. The summed E-state index contributed by atoms with van der Waals surface area (Å²) in [6.07, 6.45) is 1.80. The molecule has 0 aliphatic heterocycles. The molecule has 0 radical (unpaired) electrons. The number of nitrogens with zero attached hydrogens (tertiary/aromatic N) is 2. The second-order valence-electron chi connectivity index (χ2n) is 3.98. The van der Waals surface area contributed by atoms with Crippen LogP contribution in [0.15, 0.2) is 22.8 Å². The van der Waals surface area contributed by atoms with Crippen molar-refractivity contribution in [2.45, 2.75) is 13.5 Å². The lowest BCUT2D eigenvalue weighted by atomic mass is 10.2. The van der Waals surface area contributed by atoms with Gasteiger partial charge in [-0.2, -0.15) is 5.10 Å². The molecular formula is C12H12BrClFN3. The number of aromatic nitrogens is 2. The normalized spacial score (nSPS) is 10.7. The highest BCUT2D eigenvalue weighted by Crippen LogP contribution is 2.32. The minimum Gasteiger partial charge on any atom is -0.379 e. The van der Waals surface area contributed by atoms with Crippen molar-refractivity contribution in [1.29, 1.82) is 0 Å². The van der Waals surface area contributed by atoms with Gasteiger partial charge in [0, 0.05) is 29.3 Å². The molecule has 0 unspecified atom stereocenters. The van der Waals surface area contributed by atoms with E-state index in [0.717, 1.165) is 11.3 Å². The van der Waals surface area contributed by atoms with Crippen LogP contribution in [0.3, 0.4) is 0 Å². The minimum atomic E-state index is -0.366. The van der Waals surface area contributed by atoms with Gasteiger partial charge in [0.25, 0.3) is 0 Å². The van der Waals surface area contributed by atoms with E-state index < -0.39 is 0 Å². The number of hydrogen-bond acceptors (Lipinski definition) is 2. The highest BCUT2D eigenvalue weighted by Gasteiger charge is 2.09. The second-order valence-corrected chi connectivity index (χ2v) is 5.24. The molecule has 18 heavy (non-hydrogen) atoms. The summed E-state index contributed by atoms with van der Waals surface area (Å²) in [4.78, 5) is 0. The maximum Gasteiger partial charge on any atom is 0.125 e. The summed E-state index contributed by atoms with van der Waals surface area (Å²) in [5.74, 6) is -0.366. The SMILES string of the molecule is Cc1c(CNc2c(Cl)cc(F)cc2Br)cnn1C. The number of hydrogen-bond donors (Lipinski definition) is 1. The lowest BCUT2D eigenvalue weighted by molar-refractivity contribution is 0.627. The van der Waals surface area contributed by atoms with Gasteiger partial charge in [0.1, 0.15) is 5.82 Å². The first-order valence-electron chi connectivity index (χ1n) is 5.35. The largest absolute Gasteiger partial charge is 0.379 e. The van der Waals surface area contributed by atoms with Gasteiger partial charge >= 0.3 is 0 Å². The average Bonchev–Trinajstić information content (AvgIpc) is 2.59. The lowest BCUT2D eigenvalue weighted by Gasteiger charge is -2.10. The number of nitrogens with one attached hydrogen (secondary N) is 1. The standard InChI is InChI=1S/C12H12BrClFN3/c1-7-8(6-17-18(7)2)5-16-12-10(13)3-9(15)4-11(12)14/h3-4,6,16H,5H2,1-2H3. The third-order valence-electron chi connectivity index (χ3n) is 2.80. The zero-order valence-electron chi connectivity index (χ0n) is 9.97. The van der Waals surface area contributed by atoms with Crippen molar-refractivity contribution < 1.29 is 4.39 Å². The summed E-state index contributed by atoms with van der Waals surface area (Å²) in [5.41, 5.74) is 2.84. The molecule has 0 saturated heterocycles. The highest BCUT2D eigenvalue weighted by molar-refractivity contribution is 9.10. The fraction of sp³-hybridized carbons (Fsp3) is 0.250. The molecule has 1 N–H and O–H groups in total. The third-order valence-corrected chi connectivity index (χ3v) is 3.72. The van der Waals surface area contributed by atoms with Crippen LogP contribution in [-0.2, 0) is 13.6 Å². The van der Waals surface area contributed by atoms with E-state index in [9.17, 15) is 4.39 Å². The smallest absolute Gasteiger partial charge is 0.125 e. The summed E-state index contributed by atoms with van der Waals surface area (Å²) < 4.78 is 15.5. The van der Waals surface area contributed by atoms with Crippen molar-refractivity contribution in [2.75, 3.05) is 5.32 Å². The molecule has 3 nitrogen and oxygen atoms in total. The maximum atomic E-state index is 13.1. The fourth-order valence-corrected chi connectivity index (χ4v) is 2.57. The van der Waals surface area contributed by atoms with Crippen molar-refractivity contribution in [3.8, 4) is 0 Å². The quantitative estimate of drug-likeness (QED) is 0.924. The Kier molecular flexibility index (Phi) is 3.92. The number of aryl methyl sites for hydroxylation is 1. The predicted octanol–water partition coefficient (Wildman–Crippen LogP) is 3.90. The van der Waals surface area contributed by atoms with Crippen molar-refractivity contribution >= 4 is 33.2 Å². The monoisotopic (exact) mass is 331 g/mol. The highest BCUT2D eigenvalue weighted by atomic mass is 79.9. The first-order chi connectivity index (χ1) is 8.49. The van der Waals surface area contributed by atoms with Gasteiger partial charge in [-0.25, -0.2) is 4.39 Å². The van der Waals surface area contributed by atoms with E-state index in [-0.39, 0.29) is 5.82 Å². The van der Waals surface area contributed by atoms with E-state index in [1.165, 1.54) is 12.1 Å². The van der Waals surface area contributed by atoms with Crippen LogP contribution < -0.4 is 5.32 Å². The van der Waals surface area contributed by atoms with Crippen LogP contribution >= 0.6 is 27.5 Å². The number of benzene rings is 1. The van der Waals surface area contributed by atoms with E-state index in [4.69, 9.17) is 11.6 Å². The van der Waals surface area contributed by atoms with Gasteiger partial charge in [0.15, 0.2) is 0 Å². The molecule has 0 bridgehead atoms. The van der Waals surface area contributed by atoms with Crippen LogP contribution in [0.4, 0.5) is 10.1 Å². The maximum absolute atomic E-state index is 13.1. The summed E-state index contributed by atoms with van der Waals surface area (Å²) in [6.45, 7) is 2.58. The molecule has 0 amide bonds. The summed E-state index contributed by atoms with van der Waals surface area (Å²) in [5, 5.41) is 7.69. The fourth-order valence-electron chi connectivity index (χ4n) is 1.61. The molecular weight excluding hydrogens is 321 g/mol. The molecule has 96 valence electrons. The topological polar surface area (TPSA) is 29.9 Å². The average molecular weight is 333 g/mol. The Morgan fingerprint density at radius 2 is 2.22 bits per heavy atom. The molecule has 2 aromatic rings. The molecule has 0 fully saturated rings. The van der Waals surface area contributed by atoms with Gasteiger partial charge in [-0.15, -0.1) is 0 Å². The molecule has 1 heterocycles. The Hall–Kier alpha value is -1.07. The molecule has 1 aromatic carbocycles. The second kappa shape index (κ2) is 5.28. The van der Waals surface area contributed by atoms with Crippen molar-refractivity contribution in [2.24, 2.45) is 7.05 Å². The third kappa shape index (κ3) is 2.67. The van der Waals surface area contributed by atoms with Crippen LogP contribution in [0.2, 0.25) is 5.02 Å². The van der Waals surface area contributed by atoms with Crippen LogP contribution in [0.25, 0.3) is 0 Å². The van der Waals surface area contributed by atoms with Gasteiger partial charge in [0.05, 0.1) is 16.9 Å². The molecule has 0 aliphatic carbocycles. The van der Waals surface area contributed by atoms with Crippen LogP contribution in [0, 0.1) is 12.7 Å². The molecule has 0 atom stereocenters. The van der Waals surface area contributed by atoms with Crippen molar-refractivity contribution in [3.63, 3.8) is 0 Å². The van der Waals surface area contributed by atoms with E-state index in [2.05, 4.69) is 26.3 Å². The lowest BCUT2D eigenvalue weighted by Crippen LogP contribution is -2.03. The van der Waals surface area contributed by atoms with E-state index in [1.54, 1.807) is 10.9 Å². The summed E-state index contributed by atoms with van der Waals surface area (Å²) in [6, 6.07) is 2.66. The Morgan fingerprint density at radius 3 is 2.78 bits per heavy atom. The van der Waals surface area contributed by atoms with Crippen molar-refractivity contribution in [1.82, 2.24) is 9.78 Å². The van der Waals surface area contributed by atoms with E-state index in [1.807, 2.05) is 14.0 Å². The summed E-state index contributed by atoms with van der Waals surface area (Å²) in [7, 11) is 1.89. The molecule has 0 aliphatic rings. The Morgan fingerprint density at radius 1 is 1.50 bits per heavy atom. The zero-order chi connectivity index (χ0) is 13.3. The molecule has 6 heteroatoms. The first-order valence-corrected chi connectivity index (χ1v) is 6.52. The van der Waals surface area contributed by atoms with Gasteiger partial charge in [-0.05, 0) is 35.0 Å². The Labute approximate surface area is 118 Å². The Bertz CT molecular complexity index is 560. The van der Waals surface area contributed by atoms with Gasteiger partial charge in [-0.1, -0.05) is 11.6 Å². The summed E-state index contributed by atoms with van der Waals surface area (Å²) >= 11 is 9.28. The first kappa shape index (κ1) is 13.4. The van der Waals surface area contributed by atoms with Crippen LogP contribution in [-0.4, -0.2) is 9.78 Å². The van der Waals surface area contributed by atoms with Gasteiger partial charge in [-0.3, -0.25) is 4.68 Å². The van der Waals surface area contributed by atoms with Crippen LogP contribution in [0.1, 0.15) is 11.3 Å². The molecule has 1 aromatic heterocycles. The van der Waals surface area contributed by atoms with E-state index in [0.29, 0.717) is 21.7 Å². The number of halogens is 3. The predicted molar refractivity (Wildman–Crippen MR) is 74.4 cm³/mol. The van der Waals surface area contributed by atoms with E-state index >= 15 is 0 Å². The van der Waals surface area contributed by atoms with Crippen LogP contribution in [0.5, 0.6) is 0 Å². The zero-order valence-corrected chi connectivity index (χ0v) is 12.3. The van der Waals surface area contributed by atoms with Gasteiger partial charge < -0.3 is 5.32 Å². The minimum absolute atomic E-state index is 0.350. The molecule has 2 rings (SSSR count). The molecule has 0 spiro atoms. The number of anilines is 1. The van der Waals surface area contributed by atoms with Crippen molar-refractivity contribution in [3.05, 3.63) is 44.9 Å². The number of rotatable bonds is 3.